The zero-order chi connectivity index (χ0) is 24.9. The molecule has 0 amide bonds. The van der Waals surface area contributed by atoms with Crippen molar-refractivity contribution in [3.05, 3.63) is 96.8 Å². The van der Waals surface area contributed by atoms with Crippen molar-refractivity contribution in [1.29, 1.82) is 0 Å². The summed E-state index contributed by atoms with van der Waals surface area (Å²) in [6.45, 7) is 0.184. The van der Waals surface area contributed by atoms with Crippen LogP contribution in [0.5, 0.6) is 5.75 Å². The first-order chi connectivity index (χ1) is 16.8. The first kappa shape index (κ1) is 25.4. The van der Waals surface area contributed by atoms with E-state index >= 15 is 0 Å². The Labute approximate surface area is 224 Å². The molecule has 3 aromatic carbocycles. The van der Waals surface area contributed by atoms with Gasteiger partial charge in [0.1, 0.15) is 17.3 Å². The third-order valence-electron chi connectivity index (χ3n) is 4.54. The summed E-state index contributed by atoms with van der Waals surface area (Å²) in [6, 6.07) is 16.9. The Kier molecular flexibility index (Phi) is 8.26. The molecule has 1 heterocycles. The van der Waals surface area contributed by atoms with Gasteiger partial charge < -0.3 is 14.3 Å². The molecule has 0 unspecified atom stereocenters. The molecule has 0 radical (unpaired) electrons. The van der Waals surface area contributed by atoms with Crippen LogP contribution in [0.1, 0.15) is 11.1 Å². The molecule has 178 valence electrons. The molecule has 11 heteroatoms. The molecule has 0 fully saturated rings. The van der Waals surface area contributed by atoms with Crippen LogP contribution in [0.2, 0.25) is 20.1 Å². The summed E-state index contributed by atoms with van der Waals surface area (Å²) in [7, 11) is 0. The van der Waals surface area contributed by atoms with Gasteiger partial charge in [-0.25, -0.2) is 4.79 Å². The maximum absolute atomic E-state index is 12.0. The average molecular weight is 568 g/mol. The van der Waals surface area contributed by atoms with E-state index in [4.69, 9.17) is 55.6 Å². The van der Waals surface area contributed by atoms with E-state index in [1.807, 2.05) is 0 Å². The Hall–Kier alpha value is -2.68. The van der Waals surface area contributed by atoms with Crippen molar-refractivity contribution >= 4 is 70.2 Å². The minimum atomic E-state index is -1.18. The predicted octanol–water partition coefficient (Wildman–Crippen LogP) is 8.15. The molecule has 6 nitrogen and oxygen atoms in total. The highest BCUT2D eigenvalue weighted by atomic mass is 35.5. The molecule has 35 heavy (non-hydrogen) atoms. The normalized spacial score (nSPS) is 11.5. The zero-order valence-electron chi connectivity index (χ0n) is 17.5. The fraction of sp³-hybridized carbons (Fsp3) is 0.0417. The number of halogens is 4. The predicted molar refractivity (Wildman–Crippen MR) is 138 cm³/mol. The zero-order valence-corrected chi connectivity index (χ0v) is 21.4. The van der Waals surface area contributed by atoms with Crippen LogP contribution in [-0.2, 0) is 11.4 Å². The average Bonchev–Trinajstić information content (AvgIpc) is 3.29. The van der Waals surface area contributed by atoms with Crippen molar-refractivity contribution in [1.82, 2.24) is 10.2 Å². The van der Waals surface area contributed by atoms with Crippen molar-refractivity contribution < 1.29 is 19.1 Å². The highest BCUT2D eigenvalue weighted by Crippen LogP contribution is 2.33. The molecule has 4 rings (SSSR count). The van der Waals surface area contributed by atoms with Gasteiger partial charge >= 0.3 is 5.97 Å². The number of rotatable bonds is 8. The number of carboxylic acids is 1. The quantitative estimate of drug-likeness (QED) is 0.170. The second-order valence-corrected chi connectivity index (χ2v) is 9.70. The van der Waals surface area contributed by atoms with Gasteiger partial charge in [0.25, 0.3) is 5.22 Å². The highest BCUT2D eigenvalue weighted by Gasteiger charge is 2.17. The molecule has 1 aromatic heterocycles. The number of aliphatic carboxylic acids is 1. The summed E-state index contributed by atoms with van der Waals surface area (Å²) in [5, 5.41) is 19.6. The van der Waals surface area contributed by atoms with Crippen molar-refractivity contribution in [3.63, 3.8) is 0 Å². The van der Waals surface area contributed by atoms with Gasteiger partial charge in [0, 0.05) is 21.2 Å². The van der Waals surface area contributed by atoms with Crippen LogP contribution in [0, 0.1) is 0 Å². The molecule has 0 bridgehead atoms. The summed E-state index contributed by atoms with van der Waals surface area (Å²) in [5.74, 6) is -0.522. The van der Waals surface area contributed by atoms with Crippen LogP contribution in [0.15, 0.2) is 75.2 Å². The van der Waals surface area contributed by atoms with E-state index in [9.17, 15) is 9.90 Å². The summed E-state index contributed by atoms with van der Waals surface area (Å²) >= 11 is 24.9. The lowest BCUT2D eigenvalue weighted by molar-refractivity contribution is -0.131. The molecule has 0 saturated heterocycles. The van der Waals surface area contributed by atoms with E-state index in [0.29, 0.717) is 37.0 Å². The SMILES string of the molecule is O=C(O)/C(=C/c1cc(Cl)ccc1OCc1ccc(Cl)c(Cl)c1)Sc1nnc(-c2ccc(Cl)cc2)o1. The van der Waals surface area contributed by atoms with Gasteiger partial charge in [0.2, 0.25) is 5.89 Å². The molecule has 0 spiro atoms. The van der Waals surface area contributed by atoms with Gasteiger partial charge in [0.05, 0.1) is 10.0 Å². The van der Waals surface area contributed by atoms with Crippen molar-refractivity contribution in [2.24, 2.45) is 0 Å². The maximum Gasteiger partial charge on any atom is 0.342 e. The van der Waals surface area contributed by atoms with Crippen LogP contribution in [0.4, 0.5) is 0 Å². The lowest BCUT2D eigenvalue weighted by Gasteiger charge is -2.11. The van der Waals surface area contributed by atoms with Gasteiger partial charge in [-0.1, -0.05) is 52.5 Å². The molecular weight excluding hydrogens is 554 g/mol. The Balaban J connectivity index is 1.57. The third kappa shape index (κ3) is 6.72. The lowest BCUT2D eigenvalue weighted by atomic mass is 10.2. The van der Waals surface area contributed by atoms with Crippen LogP contribution in [0.3, 0.4) is 0 Å². The minimum Gasteiger partial charge on any atom is -0.488 e. The number of carbonyl (C=O) groups is 1. The number of hydrogen-bond donors (Lipinski definition) is 1. The van der Waals surface area contributed by atoms with Crippen LogP contribution >= 0.6 is 58.2 Å². The van der Waals surface area contributed by atoms with Crippen molar-refractivity contribution in [3.8, 4) is 17.2 Å². The number of ether oxygens (including phenoxy) is 1. The van der Waals surface area contributed by atoms with Crippen LogP contribution in [0.25, 0.3) is 17.5 Å². The Morgan fingerprint density at radius 3 is 2.40 bits per heavy atom. The molecule has 0 aliphatic carbocycles. The molecule has 4 aromatic rings. The molecular formula is C24H14Cl4N2O4S. The number of thioether (sulfide) groups is 1. The summed E-state index contributed by atoms with van der Waals surface area (Å²) in [5.41, 5.74) is 1.90. The number of benzene rings is 3. The standard InChI is InChI=1S/C24H14Cl4N2O4S/c25-16-4-2-14(3-5-16)22-29-30-24(34-22)35-21(23(31)32)11-15-10-17(26)6-8-20(15)33-12-13-1-7-18(27)19(28)9-13/h1-11H,12H2,(H,31,32)/b21-11-. The number of aromatic nitrogens is 2. The Morgan fingerprint density at radius 2 is 1.69 bits per heavy atom. The van der Waals surface area contributed by atoms with E-state index in [1.54, 1.807) is 60.7 Å². The summed E-state index contributed by atoms with van der Waals surface area (Å²) in [4.78, 5) is 11.9. The van der Waals surface area contributed by atoms with Gasteiger partial charge in [-0.2, -0.15) is 0 Å². The maximum atomic E-state index is 12.0. The van der Waals surface area contributed by atoms with E-state index in [0.717, 1.165) is 17.3 Å². The topological polar surface area (TPSA) is 85.5 Å². The second-order valence-electron chi connectivity index (χ2n) is 7.02. The Bertz CT molecular complexity index is 1410. The highest BCUT2D eigenvalue weighted by molar-refractivity contribution is 8.03. The van der Waals surface area contributed by atoms with Gasteiger partial charge in [0.15, 0.2) is 0 Å². The third-order valence-corrected chi connectivity index (χ3v) is 6.62. The first-order valence-electron chi connectivity index (χ1n) is 9.87. The smallest absolute Gasteiger partial charge is 0.342 e. The summed E-state index contributed by atoms with van der Waals surface area (Å²) in [6.07, 6.45) is 1.43. The fourth-order valence-electron chi connectivity index (χ4n) is 2.88. The molecule has 0 aliphatic rings. The van der Waals surface area contributed by atoms with Crippen LogP contribution < -0.4 is 4.74 Å². The molecule has 0 aliphatic heterocycles. The Morgan fingerprint density at radius 1 is 0.943 bits per heavy atom. The first-order valence-corrected chi connectivity index (χ1v) is 12.2. The van der Waals surface area contributed by atoms with Crippen LogP contribution in [-0.4, -0.2) is 21.3 Å². The minimum absolute atomic E-state index is 0.0592. The molecule has 0 saturated carbocycles. The van der Waals surface area contributed by atoms with E-state index in [1.165, 1.54) is 6.08 Å². The van der Waals surface area contributed by atoms with Gasteiger partial charge in [-0.15, -0.1) is 10.2 Å². The van der Waals surface area contributed by atoms with E-state index in [2.05, 4.69) is 10.2 Å². The monoisotopic (exact) mass is 566 g/mol. The number of carboxylic acid groups (broad SMARTS) is 1. The fourth-order valence-corrected chi connectivity index (χ4v) is 4.18. The molecule has 0 atom stereocenters. The van der Waals surface area contributed by atoms with Crippen molar-refractivity contribution in [2.45, 2.75) is 11.8 Å². The van der Waals surface area contributed by atoms with E-state index in [-0.39, 0.29) is 22.6 Å². The van der Waals surface area contributed by atoms with Gasteiger partial charge in [-0.3, -0.25) is 0 Å². The summed E-state index contributed by atoms with van der Waals surface area (Å²) < 4.78 is 11.5. The van der Waals surface area contributed by atoms with E-state index < -0.39 is 5.97 Å². The van der Waals surface area contributed by atoms with Crippen molar-refractivity contribution in [2.75, 3.05) is 0 Å². The lowest BCUT2D eigenvalue weighted by Crippen LogP contribution is -2.00. The number of hydrogen-bond acceptors (Lipinski definition) is 6. The largest absolute Gasteiger partial charge is 0.488 e. The molecule has 1 N–H and O–H groups in total. The second kappa shape index (κ2) is 11.4. The number of nitrogens with zero attached hydrogens (tertiary/aromatic N) is 2. The van der Waals surface area contributed by atoms with Gasteiger partial charge in [-0.05, 0) is 78.0 Å².